The first kappa shape index (κ1) is 17.7. The SMILES string of the molecule is C=C1C=CC=CC1S(=O)(=O)Nc1ccc(S(=O)(=O)C=CC#N)cc1. The number of rotatable bonds is 5. The van der Waals surface area contributed by atoms with E-state index in [4.69, 9.17) is 5.26 Å². The van der Waals surface area contributed by atoms with Gasteiger partial charge in [-0.3, -0.25) is 4.72 Å². The third-order valence-corrected chi connectivity index (χ3v) is 6.24. The van der Waals surface area contributed by atoms with Crippen LogP contribution in [0.15, 0.2) is 77.1 Å². The van der Waals surface area contributed by atoms with Gasteiger partial charge in [-0.1, -0.05) is 30.9 Å². The molecule has 8 heteroatoms. The minimum absolute atomic E-state index is 0.0400. The topological polar surface area (TPSA) is 104 Å². The van der Waals surface area contributed by atoms with Crippen molar-refractivity contribution >= 4 is 25.5 Å². The van der Waals surface area contributed by atoms with Gasteiger partial charge in [0.05, 0.1) is 11.0 Å². The summed E-state index contributed by atoms with van der Waals surface area (Å²) in [6.45, 7) is 3.71. The lowest BCUT2D eigenvalue weighted by molar-refractivity contribution is 0.598. The maximum atomic E-state index is 12.4. The Kier molecular flexibility index (Phi) is 5.07. The molecular formula is C16H14N2O4S2. The number of allylic oxidation sites excluding steroid dienone is 4. The quantitative estimate of drug-likeness (QED) is 0.809. The number of nitriles is 1. The number of sulfonamides is 1. The molecule has 0 heterocycles. The van der Waals surface area contributed by atoms with Gasteiger partial charge >= 0.3 is 0 Å². The Balaban J connectivity index is 2.22. The maximum absolute atomic E-state index is 12.4. The van der Waals surface area contributed by atoms with Crippen molar-refractivity contribution in [2.45, 2.75) is 10.1 Å². The van der Waals surface area contributed by atoms with Crippen LogP contribution in [0.3, 0.4) is 0 Å². The first-order valence-corrected chi connectivity index (χ1v) is 9.82. The molecule has 0 amide bonds. The zero-order chi connectivity index (χ0) is 17.8. The molecule has 0 aromatic heterocycles. The molecule has 1 aliphatic rings. The highest BCUT2D eigenvalue weighted by Gasteiger charge is 2.25. The fourth-order valence-corrected chi connectivity index (χ4v) is 4.28. The summed E-state index contributed by atoms with van der Waals surface area (Å²) in [7, 11) is -7.47. The molecule has 0 fully saturated rings. The normalized spacial score (nSPS) is 17.8. The second-order valence-corrected chi connectivity index (χ2v) is 8.52. The molecule has 1 unspecified atom stereocenters. The van der Waals surface area contributed by atoms with Crippen molar-refractivity contribution < 1.29 is 16.8 Å². The number of sulfone groups is 1. The van der Waals surface area contributed by atoms with Crippen molar-refractivity contribution in [1.82, 2.24) is 0 Å². The number of hydrogen-bond acceptors (Lipinski definition) is 5. The number of anilines is 1. The van der Waals surface area contributed by atoms with E-state index >= 15 is 0 Å². The van der Waals surface area contributed by atoms with Gasteiger partial charge in [0.25, 0.3) is 0 Å². The smallest absolute Gasteiger partial charge is 0.243 e. The molecule has 1 N–H and O–H groups in total. The largest absolute Gasteiger partial charge is 0.283 e. The molecule has 0 saturated heterocycles. The number of nitrogens with zero attached hydrogens (tertiary/aromatic N) is 1. The van der Waals surface area contributed by atoms with Gasteiger partial charge in [0.2, 0.25) is 19.9 Å². The van der Waals surface area contributed by atoms with Gasteiger partial charge in [-0.15, -0.1) is 0 Å². The highest BCUT2D eigenvalue weighted by Crippen LogP contribution is 2.22. The highest BCUT2D eigenvalue weighted by atomic mass is 32.2. The van der Waals surface area contributed by atoms with E-state index in [9.17, 15) is 16.8 Å². The average molecular weight is 362 g/mol. The first-order chi connectivity index (χ1) is 11.3. The van der Waals surface area contributed by atoms with Crippen LogP contribution >= 0.6 is 0 Å². The van der Waals surface area contributed by atoms with Gasteiger partial charge in [0.15, 0.2) is 0 Å². The molecule has 1 aromatic rings. The monoisotopic (exact) mass is 362 g/mol. The number of hydrogen-bond donors (Lipinski definition) is 1. The molecule has 0 radical (unpaired) electrons. The molecule has 6 nitrogen and oxygen atoms in total. The standard InChI is InChI=1S/C16H14N2O4S2/c1-13-5-2-3-6-16(13)24(21,22)18-14-7-9-15(10-8-14)23(19,20)12-4-11-17/h2-10,12,16,18H,1H2. The fraction of sp³-hybridized carbons (Fsp3) is 0.0625. The molecule has 0 bridgehead atoms. The van der Waals surface area contributed by atoms with Crippen molar-refractivity contribution in [2.75, 3.05) is 4.72 Å². The number of benzene rings is 1. The second kappa shape index (κ2) is 6.86. The van der Waals surface area contributed by atoms with E-state index in [1.165, 1.54) is 30.3 Å². The van der Waals surface area contributed by atoms with Gasteiger partial charge in [-0.2, -0.15) is 5.26 Å². The van der Waals surface area contributed by atoms with E-state index in [1.54, 1.807) is 24.3 Å². The Hall–Kier alpha value is -2.63. The van der Waals surface area contributed by atoms with E-state index in [0.717, 1.165) is 11.5 Å². The lowest BCUT2D eigenvalue weighted by Crippen LogP contribution is -2.28. The Morgan fingerprint density at radius 2 is 1.79 bits per heavy atom. The third kappa shape index (κ3) is 4.01. The van der Waals surface area contributed by atoms with E-state index in [0.29, 0.717) is 5.57 Å². The minimum Gasteiger partial charge on any atom is -0.283 e. The van der Waals surface area contributed by atoms with Crippen molar-refractivity contribution in [3.8, 4) is 6.07 Å². The van der Waals surface area contributed by atoms with Crippen LogP contribution in [-0.4, -0.2) is 22.1 Å². The molecule has 0 saturated carbocycles. The van der Waals surface area contributed by atoms with Crippen LogP contribution in [0.2, 0.25) is 0 Å². The van der Waals surface area contributed by atoms with Crippen molar-refractivity contribution in [2.24, 2.45) is 0 Å². The van der Waals surface area contributed by atoms with Crippen LogP contribution in [0.1, 0.15) is 0 Å². The zero-order valence-corrected chi connectivity index (χ0v) is 14.1. The van der Waals surface area contributed by atoms with Crippen LogP contribution in [-0.2, 0) is 19.9 Å². The Bertz CT molecular complexity index is 978. The molecule has 1 aliphatic carbocycles. The minimum atomic E-state index is -3.74. The maximum Gasteiger partial charge on any atom is 0.243 e. The summed E-state index contributed by atoms with van der Waals surface area (Å²) < 4.78 is 50.9. The molecule has 0 aliphatic heterocycles. The molecule has 24 heavy (non-hydrogen) atoms. The number of nitrogens with one attached hydrogen (secondary N) is 1. The summed E-state index contributed by atoms with van der Waals surface area (Å²) >= 11 is 0. The third-order valence-electron chi connectivity index (χ3n) is 3.17. The Morgan fingerprint density at radius 3 is 2.38 bits per heavy atom. The predicted octanol–water partition coefficient (Wildman–Crippen LogP) is 2.29. The molecule has 0 spiro atoms. The molecule has 1 atom stereocenters. The second-order valence-electron chi connectivity index (χ2n) is 4.89. The molecule has 124 valence electrons. The van der Waals surface area contributed by atoms with Gasteiger partial charge in [-0.25, -0.2) is 16.8 Å². The summed E-state index contributed by atoms with van der Waals surface area (Å²) in [4.78, 5) is -0.0400. The van der Waals surface area contributed by atoms with Crippen LogP contribution in [0.4, 0.5) is 5.69 Å². The lowest BCUT2D eigenvalue weighted by atomic mass is 10.1. The van der Waals surface area contributed by atoms with Crippen LogP contribution < -0.4 is 4.72 Å². The van der Waals surface area contributed by atoms with Gasteiger partial charge in [0, 0.05) is 17.2 Å². The lowest BCUT2D eigenvalue weighted by Gasteiger charge is -2.18. The average Bonchev–Trinajstić information content (AvgIpc) is 2.53. The molecular weight excluding hydrogens is 348 g/mol. The van der Waals surface area contributed by atoms with Crippen LogP contribution in [0.25, 0.3) is 0 Å². The summed E-state index contributed by atoms with van der Waals surface area (Å²) in [5.41, 5.74) is 0.666. The van der Waals surface area contributed by atoms with E-state index in [2.05, 4.69) is 11.3 Å². The highest BCUT2D eigenvalue weighted by molar-refractivity contribution is 7.94. The summed E-state index contributed by atoms with van der Waals surface area (Å²) in [6.07, 6.45) is 7.30. The van der Waals surface area contributed by atoms with Crippen molar-refractivity contribution in [3.63, 3.8) is 0 Å². The van der Waals surface area contributed by atoms with Crippen molar-refractivity contribution in [3.05, 3.63) is 72.2 Å². The van der Waals surface area contributed by atoms with Crippen molar-refractivity contribution in [1.29, 1.82) is 5.26 Å². The van der Waals surface area contributed by atoms with E-state index in [-0.39, 0.29) is 10.6 Å². The van der Waals surface area contributed by atoms with Crippen LogP contribution in [0, 0.1) is 11.3 Å². The van der Waals surface area contributed by atoms with E-state index < -0.39 is 25.1 Å². The van der Waals surface area contributed by atoms with Gasteiger partial charge in [-0.05, 0) is 29.8 Å². The summed E-state index contributed by atoms with van der Waals surface area (Å²) in [5.74, 6) is 0. The molecule has 2 rings (SSSR count). The Morgan fingerprint density at radius 1 is 1.12 bits per heavy atom. The fourth-order valence-electron chi connectivity index (χ4n) is 2.00. The summed E-state index contributed by atoms with van der Waals surface area (Å²) in [6, 6.07) is 6.82. The summed E-state index contributed by atoms with van der Waals surface area (Å²) in [5, 5.41) is 8.30. The first-order valence-electron chi connectivity index (χ1n) is 6.73. The van der Waals surface area contributed by atoms with E-state index in [1.807, 2.05) is 0 Å². The van der Waals surface area contributed by atoms with Crippen LogP contribution in [0.5, 0.6) is 0 Å². The Labute approximate surface area is 141 Å². The molecule has 1 aromatic carbocycles. The van der Waals surface area contributed by atoms with Gasteiger partial charge in [0.1, 0.15) is 5.25 Å². The van der Waals surface area contributed by atoms with Gasteiger partial charge < -0.3 is 0 Å². The zero-order valence-electron chi connectivity index (χ0n) is 12.5. The predicted molar refractivity (Wildman–Crippen MR) is 92.1 cm³/mol.